The van der Waals surface area contributed by atoms with Crippen molar-refractivity contribution in [2.75, 3.05) is 13.2 Å². The molecule has 72 valence electrons. The van der Waals surface area contributed by atoms with Gasteiger partial charge in [0.1, 0.15) is 0 Å². The van der Waals surface area contributed by atoms with Gasteiger partial charge < -0.3 is 10.1 Å². The third-order valence-electron chi connectivity index (χ3n) is 2.35. The molecule has 0 bridgehead atoms. The average molecular weight is 171 g/mol. The zero-order valence-corrected chi connectivity index (χ0v) is 8.68. The van der Waals surface area contributed by atoms with Crippen LogP contribution in [0.25, 0.3) is 0 Å². The topological polar surface area (TPSA) is 21.3 Å². The molecule has 0 amide bonds. The minimum atomic E-state index is 0.0701. The van der Waals surface area contributed by atoms with Crippen molar-refractivity contribution in [2.45, 2.75) is 45.8 Å². The maximum Gasteiger partial charge on any atom is 0.0781 e. The summed E-state index contributed by atoms with van der Waals surface area (Å²) in [6.07, 6.45) is 1.15. The Labute approximate surface area is 75.7 Å². The zero-order valence-electron chi connectivity index (χ0n) is 8.68. The molecule has 0 aliphatic carbocycles. The second-order valence-corrected chi connectivity index (χ2v) is 4.64. The van der Waals surface area contributed by atoms with Gasteiger partial charge in [-0.1, -0.05) is 13.8 Å². The van der Waals surface area contributed by atoms with Gasteiger partial charge in [0.05, 0.1) is 12.2 Å². The van der Waals surface area contributed by atoms with E-state index in [1.807, 2.05) is 0 Å². The molecule has 0 saturated carbocycles. The molecular formula is C10H21NO. The number of nitrogens with one attached hydrogen (secondary N) is 1. The molecule has 1 saturated heterocycles. The first-order valence-electron chi connectivity index (χ1n) is 4.89. The average Bonchev–Trinajstić information content (AvgIpc) is 1.94. The Morgan fingerprint density at radius 3 is 2.67 bits per heavy atom. The highest BCUT2D eigenvalue weighted by molar-refractivity contribution is 4.85. The van der Waals surface area contributed by atoms with E-state index >= 15 is 0 Å². The van der Waals surface area contributed by atoms with Crippen molar-refractivity contribution in [3.05, 3.63) is 0 Å². The lowest BCUT2D eigenvalue weighted by Gasteiger charge is -2.38. The van der Waals surface area contributed by atoms with Gasteiger partial charge in [0, 0.05) is 12.6 Å². The van der Waals surface area contributed by atoms with Crippen molar-refractivity contribution in [1.29, 1.82) is 0 Å². The summed E-state index contributed by atoms with van der Waals surface area (Å²) in [6, 6.07) is 0.519. The summed E-state index contributed by atoms with van der Waals surface area (Å²) in [4.78, 5) is 0. The fourth-order valence-corrected chi connectivity index (χ4v) is 1.82. The lowest BCUT2D eigenvalue weighted by Crippen LogP contribution is -2.52. The highest BCUT2D eigenvalue weighted by atomic mass is 16.5. The first kappa shape index (κ1) is 10.0. The third-order valence-corrected chi connectivity index (χ3v) is 2.35. The van der Waals surface area contributed by atoms with Crippen LogP contribution in [0.1, 0.15) is 34.1 Å². The van der Waals surface area contributed by atoms with Gasteiger partial charge in [-0.3, -0.25) is 0 Å². The minimum absolute atomic E-state index is 0.0701. The Balaban J connectivity index is 2.39. The molecule has 2 atom stereocenters. The van der Waals surface area contributed by atoms with Crippen LogP contribution in [0.3, 0.4) is 0 Å². The van der Waals surface area contributed by atoms with E-state index in [9.17, 15) is 0 Å². The largest absolute Gasteiger partial charge is 0.372 e. The van der Waals surface area contributed by atoms with Crippen LogP contribution < -0.4 is 5.32 Å². The molecule has 0 aromatic heterocycles. The maximum atomic E-state index is 5.83. The molecular weight excluding hydrogens is 150 g/mol. The van der Waals surface area contributed by atoms with Crippen molar-refractivity contribution in [3.63, 3.8) is 0 Å². The third kappa shape index (κ3) is 2.76. The lowest BCUT2D eigenvalue weighted by atomic mass is 9.92. The molecule has 0 aromatic rings. The number of hydrogen-bond acceptors (Lipinski definition) is 2. The van der Waals surface area contributed by atoms with Gasteiger partial charge in [-0.2, -0.15) is 0 Å². The number of hydrogen-bond donors (Lipinski definition) is 1. The fraction of sp³-hybridized carbons (Fsp3) is 1.00. The van der Waals surface area contributed by atoms with E-state index in [0.29, 0.717) is 12.0 Å². The van der Waals surface area contributed by atoms with Crippen LogP contribution in [-0.4, -0.2) is 24.8 Å². The van der Waals surface area contributed by atoms with Crippen molar-refractivity contribution < 1.29 is 4.74 Å². The molecule has 12 heavy (non-hydrogen) atoms. The number of ether oxygens (including phenoxy) is 1. The second-order valence-electron chi connectivity index (χ2n) is 4.64. The summed E-state index contributed by atoms with van der Waals surface area (Å²) < 4.78 is 5.83. The Kier molecular flexibility index (Phi) is 3.13. The molecule has 0 spiro atoms. The Hall–Kier alpha value is -0.0800. The van der Waals surface area contributed by atoms with E-state index in [4.69, 9.17) is 4.74 Å². The van der Waals surface area contributed by atoms with E-state index in [1.165, 1.54) is 0 Å². The second kappa shape index (κ2) is 3.75. The maximum absolute atomic E-state index is 5.83. The molecule has 0 radical (unpaired) electrons. The molecule has 1 N–H and O–H groups in total. The van der Waals surface area contributed by atoms with E-state index < -0.39 is 0 Å². The van der Waals surface area contributed by atoms with Crippen LogP contribution in [0.2, 0.25) is 0 Å². The van der Waals surface area contributed by atoms with E-state index in [1.54, 1.807) is 0 Å². The number of morpholine rings is 1. The number of rotatable bonds is 2. The Bertz CT molecular complexity index is 137. The first-order chi connectivity index (χ1) is 5.52. The van der Waals surface area contributed by atoms with Crippen LogP contribution in [0.4, 0.5) is 0 Å². The van der Waals surface area contributed by atoms with Crippen LogP contribution in [0, 0.1) is 5.92 Å². The van der Waals surface area contributed by atoms with Crippen LogP contribution in [0.5, 0.6) is 0 Å². The molecule has 1 heterocycles. The Morgan fingerprint density at radius 2 is 2.25 bits per heavy atom. The molecule has 1 aliphatic rings. The summed E-state index contributed by atoms with van der Waals surface area (Å²) in [6.45, 7) is 10.7. The molecule has 2 nitrogen and oxygen atoms in total. The molecule has 1 aliphatic heterocycles. The summed E-state index contributed by atoms with van der Waals surface area (Å²) in [5.74, 6) is 0.713. The van der Waals surface area contributed by atoms with Crippen molar-refractivity contribution in [3.8, 4) is 0 Å². The van der Waals surface area contributed by atoms with E-state index in [2.05, 4.69) is 33.0 Å². The van der Waals surface area contributed by atoms with E-state index in [-0.39, 0.29) is 5.60 Å². The minimum Gasteiger partial charge on any atom is -0.372 e. The zero-order chi connectivity index (χ0) is 9.19. The monoisotopic (exact) mass is 171 g/mol. The lowest BCUT2D eigenvalue weighted by molar-refractivity contribution is -0.0790. The van der Waals surface area contributed by atoms with Crippen LogP contribution >= 0.6 is 0 Å². The Morgan fingerprint density at radius 1 is 1.58 bits per heavy atom. The van der Waals surface area contributed by atoms with Crippen molar-refractivity contribution in [1.82, 2.24) is 5.32 Å². The van der Waals surface area contributed by atoms with Crippen molar-refractivity contribution in [2.24, 2.45) is 5.92 Å². The van der Waals surface area contributed by atoms with Gasteiger partial charge in [-0.05, 0) is 26.2 Å². The van der Waals surface area contributed by atoms with Crippen molar-refractivity contribution >= 4 is 0 Å². The first-order valence-corrected chi connectivity index (χ1v) is 4.89. The highest BCUT2D eigenvalue weighted by Gasteiger charge is 2.30. The summed E-state index contributed by atoms with van der Waals surface area (Å²) >= 11 is 0. The molecule has 2 heteroatoms. The predicted octanol–water partition coefficient (Wildman–Crippen LogP) is 1.80. The smallest absolute Gasteiger partial charge is 0.0781 e. The molecule has 2 unspecified atom stereocenters. The van der Waals surface area contributed by atoms with Gasteiger partial charge in [0.25, 0.3) is 0 Å². The van der Waals surface area contributed by atoms with Gasteiger partial charge in [-0.25, -0.2) is 0 Å². The van der Waals surface area contributed by atoms with Crippen LogP contribution in [-0.2, 0) is 4.74 Å². The fourth-order valence-electron chi connectivity index (χ4n) is 1.82. The van der Waals surface area contributed by atoms with Gasteiger partial charge in [0.2, 0.25) is 0 Å². The normalized spacial score (nSPS) is 37.2. The van der Waals surface area contributed by atoms with Gasteiger partial charge >= 0.3 is 0 Å². The highest BCUT2D eigenvalue weighted by Crippen LogP contribution is 2.22. The summed E-state index contributed by atoms with van der Waals surface area (Å²) in [5, 5.41) is 3.45. The summed E-state index contributed by atoms with van der Waals surface area (Å²) in [5.41, 5.74) is 0.0701. The predicted molar refractivity (Wildman–Crippen MR) is 51.3 cm³/mol. The van der Waals surface area contributed by atoms with Gasteiger partial charge in [0.15, 0.2) is 0 Å². The SMILES string of the molecule is CC(C)CC1(C)CNC(C)CO1. The summed E-state index contributed by atoms with van der Waals surface area (Å²) in [7, 11) is 0. The molecule has 1 rings (SSSR count). The van der Waals surface area contributed by atoms with E-state index in [0.717, 1.165) is 19.6 Å². The molecule has 1 fully saturated rings. The quantitative estimate of drug-likeness (QED) is 0.684. The van der Waals surface area contributed by atoms with Crippen LogP contribution in [0.15, 0.2) is 0 Å². The standard InChI is InChI=1S/C10H21NO/c1-8(2)5-10(4)7-11-9(3)6-12-10/h8-9,11H,5-7H2,1-4H3. The molecule has 0 aromatic carbocycles. The van der Waals surface area contributed by atoms with Gasteiger partial charge in [-0.15, -0.1) is 0 Å².